The van der Waals surface area contributed by atoms with Crippen LogP contribution in [0.15, 0.2) is 69.5 Å². The van der Waals surface area contributed by atoms with E-state index in [2.05, 4.69) is 15.9 Å². The highest BCUT2D eigenvalue weighted by Gasteiger charge is 2.49. The molecule has 0 radical (unpaired) electrons. The fourth-order valence-corrected chi connectivity index (χ4v) is 7.17. The molecule has 1 aliphatic heterocycles. The summed E-state index contributed by atoms with van der Waals surface area (Å²) in [6.07, 6.45) is 1.73. The van der Waals surface area contributed by atoms with Crippen LogP contribution in [0.5, 0.6) is 11.5 Å². The maximum absolute atomic E-state index is 14.0. The number of allylic oxidation sites excluding steroid dienone is 4. The van der Waals surface area contributed by atoms with Gasteiger partial charge in [-0.2, -0.15) is 0 Å². The Morgan fingerprint density at radius 1 is 0.929 bits per heavy atom. The molecule has 0 bridgehead atoms. The van der Waals surface area contributed by atoms with Crippen molar-refractivity contribution in [3.63, 3.8) is 0 Å². The Morgan fingerprint density at radius 3 is 2.02 bits per heavy atom. The van der Waals surface area contributed by atoms with Gasteiger partial charge < -0.3 is 19.5 Å². The molecule has 0 atom stereocenters. The number of carbonyl (C=O) groups excluding carboxylic acids is 2. The highest BCUT2D eigenvalue weighted by atomic mass is 79.9. The molecule has 1 heterocycles. The Balaban J connectivity index is 1.69. The van der Waals surface area contributed by atoms with Gasteiger partial charge in [0.15, 0.2) is 23.1 Å². The van der Waals surface area contributed by atoms with Crippen LogP contribution in [0.3, 0.4) is 0 Å². The third kappa shape index (κ3) is 5.91. The molecule has 0 fully saturated rings. The van der Waals surface area contributed by atoms with E-state index in [1.807, 2.05) is 77.1 Å². The van der Waals surface area contributed by atoms with Gasteiger partial charge >= 0.3 is 5.97 Å². The summed E-state index contributed by atoms with van der Waals surface area (Å²) in [5.41, 5.74) is 3.55. The predicted molar refractivity (Wildman–Crippen MR) is 163 cm³/mol. The summed E-state index contributed by atoms with van der Waals surface area (Å²) in [4.78, 5) is 41.8. The van der Waals surface area contributed by atoms with Gasteiger partial charge in [0, 0.05) is 41.3 Å². The normalized spacial score (nSPS) is 19.9. The van der Waals surface area contributed by atoms with Crippen molar-refractivity contribution < 1.29 is 29.0 Å². The minimum absolute atomic E-state index is 0.0516. The predicted octanol–water partition coefficient (Wildman–Crippen LogP) is 7.20. The maximum Gasteiger partial charge on any atom is 0.323 e. The standard InChI is InChI=1S/C34H38BrNO6/c1-6-41-27-13-21(12-22(35)32(27)42-19-20-10-8-7-9-11-20)29-30-23(14-33(2,3)16-25(30)37)36(18-28(39)40)24-15-34(4,5)17-26(38)31(24)29/h7-13,29H,6,14-19H2,1-5H3,(H,39,40). The van der Waals surface area contributed by atoms with Crippen molar-refractivity contribution in [2.24, 2.45) is 10.8 Å². The van der Waals surface area contributed by atoms with Gasteiger partial charge in [-0.3, -0.25) is 14.4 Å². The fourth-order valence-electron chi connectivity index (χ4n) is 6.59. The second kappa shape index (κ2) is 11.4. The lowest BCUT2D eigenvalue weighted by Crippen LogP contribution is -2.45. The van der Waals surface area contributed by atoms with Crippen LogP contribution in [0.4, 0.5) is 0 Å². The fraction of sp³-hybridized carbons (Fsp3) is 0.441. The van der Waals surface area contributed by atoms with Gasteiger partial charge in [0.25, 0.3) is 0 Å². The number of Topliss-reactive ketones (excluding diaryl/α,β-unsaturated/α-hetero) is 2. The van der Waals surface area contributed by atoms with Crippen LogP contribution >= 0.6 is 15.9 Å². The Labute approximate surface area is 255 Å². The molecule has 7 nitrogen and oxygen atoms in total. The van der Waals surface area contributed by atoms with E-state index >= 15 is 0 Å². The van der Waals surface area contributed by atoms with Crippen LogP contribution in [0, 0.1) is 10.8 Å². The van der Waals surface area contributed by atoms with Gasteiger partial charge in [-0.15, -0.1) is 0 Å². The number of carboxylic acids is 1. The first-order chi connectivity index (χ1) is 19.8. The van der Waals surface area contributed by atoms with Crippen LogP contribution in [0.1, 0.15) is 77.3 Å². The number of benzene rings is 2. The topological polar surface area (TPSA) is 93.1 Å². The third-order valence-electron chi connectivity index (χ3n) is 8.21. The average molecular weight is 637 g/mol. The second-order valence-electron chi connectivity index (χ2n) is 13.1. The SMILES string of the molecule is CCOc1cc(C2C3=C(CC(C)(C)CC3=O)N(CC(=O)O)C3=C2C(=O)CC(C)(C)C3)cc(Br)c1OCc1ccccc1. The Bertz CT molecular complexity index is 1450. The molecule has 0 amide bonds. The third-order valence-corrected chi connectivity index (χ3v) is 8.80. The van der Waals surface area contributed by atoms with E-state index in [4.69, 9.17) is 9.47 Å². The molecule has 8 heteroatoms. The van der Waals surface area contributed by atoms with Crippen molar-refractivity contribution in [2.75, 3.05) is 13.2 Å². The monoisotopic (exact) mass is 635 g/mol. The number of carboxylic acid groups (broad SMARTS) is 1. The number of hydrogen-bond donors (Lipinski definition) is 1. The summed E-state index contributed by atoms with van der Waals surface area (Å²) in [5.74, 6) is -0.662. The lowest BCUT2D eigenvalue weighted by molar-refractivity contribution is -0.138. The van der Waals surface area contributed by atoms with E-state index in [1.54, 1.807) is 4.90 Å². The molecule has 0 aromatic heterocycles. The highest BCUT2D eigenvalue weighted by molar-refractivity contribution is 9.10. The van der Waals surface area contributed by atoms with Crippen molar-refractivity contribution in [1.29, 1.82) is 0 Å². The van der Waals surface area contributed by atoms with E-state index in [0.717, 1.165) is 11.1 Å². The van der Waals surface area contributed by atoms with Gasteiger partial charge in [-0.1, -0.05) is 58.0 Å². The first-order valence-electron chi connectivity index (χ1n) is 14.4. The van der Waals surface area contributed by atoms with Crippen molar-refractivity contribution >= 4 is 33.5 Å². The number of aliphatic carboxylic acids is 1. The van der Waals surface area contributed by atoms with Gasteiger partial charge in [-0.25, -0.2) is 0 Å². The summed E-state index contributed by atoms with van der Waals surface area (Å²) in [7, 11) is 0. The molecular formula is C34H38BrNO6. The van der Waals surface area contributed by atoms with E-state index in [1.165, 1.54) is 0 Å². The molecule has 42 heavy (non-hydrogen) atoms. The van der Waals surface area contributed by atoms with Crippen molar-refractivity contribution in [1.82, 2.24) is 4.90 Å². The number of carbonyl (C=O) groups is 3. The number of ketones is 2. The summed E-state index contributed by atoms with van der Waals surface area (Å²) in [6.45, 7) is 10.5. The van der Waals surface area contributed by atoms with Crippen LogP contribution < -0.4 is 9.47 Å². The Hall–Kier alpha value is -3.39. The Kier molecular flexibility index (Phi) is 8.14. The molecule has 2 aromatic carbocycles. The van der Waals surface area contributed by atoms with Crippen molar-refractivity contribution in [3.05, 3.63) is 80.6 Å². The number of ether oxygens (including phenoxy) is 2. The van der Waals surface area contributed by atoms with Crippen LogP contribution in [-0.2, 0) is 21.0 Å². The van der Waals surface area contributed by atoms with Crippen LogP contribution in [0.25, 0.3) is 0 Å². The number of halogens is 1. The lowest BCUT2D eigenvalue weighted by atomic mass is 9.63. The van der Waals surface area contributed by atoms with Crippen LogP contribution in [0.2, 0.25) is 0 Å². The highest BCUT2D eigenvalue weighted by Crippen LogP contribution is 2.55. The van der Waals surface area contributed by atoms with Crippen LogP contribution in [-0.4, -0.2) is 40.7 Å². The second-order valence-corrected chi connectivity index (χ2v) is 13.9. The first kappa shape index (κ1) is 30.1. The summed E-state index contributed by atoms with van der Waals surface area (Å²) in [6, 6.07) is 13.6. The van der Waals surface area contributed by atoms with E-state index in [0.29, 0.717) is 77.4 Å². The molecule has 0 unspecified atom stereocenters. The summed E-state index contributed by atoms with van der Waals surface area (Å²) < 4.78 is 12.9. The average Bonchev–Trinajstić information content (AvgIpc) is 2.88. The smallest absolute Gasteiger partial charge is 0.323 e. The number of hydrogen-bond acceptors (Lipinski definition) is 6. The zero-order valence-electron chi connectivity index (χ0n) is 24.9. The minimum atomic E-state index is -1.000. The van der Waals surface area contributed by atoms with Gasteiger partial charge in [0.05, 0.1) is 11.1 Å². The number of nitrogens with zero attached hydrogens (tertiary/aromatic N) is 1. The quantitative estimate of drug-likeness (QED) is 0.328. The van der Waals surface area contributed by atoms with Gasteiger partial charge in [-0.05, 0) is 69.8 Å². The van der Waals surface area contributed by atoms with E-state index in [9.17, 15) is 19.5 Å². The van der Waals surface area contributed by atoms with Crippen molar-refractivity contribution in [3.8, 4) is 11.5 Å². The molecule has 3 aliphatic rings. The minimum Gasteiger partial charge on any atom is -0.490 e. The van der Waals surface area contributed by atoms with Gasteiger partial charge in [0.1, 0.15) is 13.2 Å². The summed E-state index contributed by atoms with van der Waals surface area (Å²) in [5, 5.41) is 9.92. The number of rotatable bonds is 8. The van der Waals surface area contributed by atoms with Gasteiger partial charge in [0.2, 0.25) is 0 Å². The maximum atomic E-state index is 14.0. The zero-order chi connectivity index (χ0) is 30.4. The zero-order valence-corrected chi connectivity index (χ0v) is 26.5. The summed E-state index contributed by atoms with van der Waals surface area (Å²) >= 11 is 3.70. The largest absolute Gasteiger partial charge is 0.490 e. The first-order valence-corrected chi connectivity index (χ1v) is 15.2. The molecule has 2 aliphatic carbocycles. The molecule has 2 aromatic rings. The lowest BCUT2D eigenvalue weighted by Gasteiger charge is -2.48. The molecule has 0 spiro atoms. The van der Waals surface area contributed by atoms with E-state index in [-0.39, 0.29) is 28.9 Å². The molecule has 1 N–H and O–H groups in total. The molecule has 0 saturated carbocycles. The van der Waals surface area contributed by atoms with E-state index < -0.39 is 11.9 Å². The molecule has 5 rings (SSSR count). The molecule has 222 valence electrons. The Morgan fingerprint density at radius 2 is 1.50 bits per heavy atom. The molecule has 0 saturated heterocycles. The molecular weight excluding hydrogens is 598 g/mol. The van der Waals surface area contributed by atoms with Crippen molar-refractivity contribution in [2.45, 2.75) is 72.8 Å².